The lowest BCUT2D eigenvalue weighted by Crippen LogP contribution is -2.17. The van der Waals surface area contributed by atoms with E-state index in [0.717, 1.165) is 6.42 Å². The van der Waals surface area contributed by atoms with Gasteiger partial charge in [0.2, 0.25) is 0 Å². The predicted molar refractivity (Wildman–Crippen MR) is 79.5 cm³/mol. The molecule has 1 nitrogen and oxygen atoms in total. The average molecular weight is 233 g/mol. The zero-order valence-corrected chi connectivity index (χ0v) is 12.1. The van der Waals surface area contributed by atoms with E-state index in [2.05, 4.69) is 45.3 Å². The summed E-state index contributed by atoms with van der Waals surface area (Å²) >= 11 is 0. The Morgan fingerprint density at radius 1 is 1.35 bits per heavy atom. The molecule has 1 heteroatoms. The maximum absolute atomic E-state index is 4.24. The maximum Gasteiger partial charge on any atom is 0.0258 e. The van der Waals surface area contributed by atoms with Gasteiger partial charge in [-0.2, -0.15) is 0 Å². The Balaban J connectivity index is 4.95. The van der Waals surface area contributed by atoms with Crippen molar-refractivity contribution in [1.82, 2.24) is 0 Å². The summed E-state index contributed by atoms with van der Waals surface area (Å²) in [5.74, 6) is 0. The first-order valence-electron chi connectivity index (χ1n) is 6.44. The normalized spacial score (nSPS) is 17.2. The van der Waals surface area contributed by atoms with E-state index in [9.17, 15) is 0 Å². The summed E-state index contributed by atoms with van der Waals surface area (Å²) in [6.07, 6.45) is 11.5. The molecule has 0 aromatic rings. The quantitative estimate of drug-likeness (QED) is 0.417. The second kappa shape index (κ2) is 8.05. The predicted octanol–water partition coefficient (Wildman–Crippen LogP) is 5.31. The summed E-state index contributed by atoms with van der Waals surface area (Å²) in [6.45, 7) is 14.6. The van der Waals surface area contributed by atoms with Crippen molar-refractivity contribution in [3.63, 3.8) is 0 Å². The summed E-state index contributed by atoms with van der Waals surface area (Å²) in [7, 11) is 0. The van der Waals surface area contributed by atoms with Crippen LogP contribution in [0, 0.1) is 5.41 Å². The van der Waals surface area contributed by atoms with Gasteiger partial charge in [0.25, 0.3) is 0 Å². The first-order valence-corrected chi connectivity index (χ1v) is 6.44. The largest absolute Gasteiger partial charge is 0.269 e. The molecule has 0 aliphatic carbocycles. The molecule has 1 unspecified atom stereocenters. The van der Waals surface area contributed by atoms with Crippen LogP contribution in [0.4, 0.5) is 0 Å². The maximum atomic E-state index is 4.24. The van der Waals surface area contributed by atoms with Gasteiger partial charge in [0, 0.05) is 12.4 Å². The molecule has 0 rings (SSSR count). The van der Waals surface area contributed by atoms with Gasteiger partial charge in [0.1, 0.15) is 0 Å². The molecule has 96 valence electrons. The van der Waals surface area contributed by atoms with Crippen LogP contribution in [0.15, 0.2) is 41.1 Å². The number of hydrogen-bond donors (Lipinski definition) is 0. The molecule has 0 radical (unpaired) electrons. The zero-order chi connectivity index (χ0) is 13.3. The summed E-state index contributed by atoms with van der Waals surface area (Å²) in [5.41, 5.74) is 2.82. The second-order valence-corrected chi connectivity index (χ2v) is 4.89. The molecule has 0 saturated heterocycles. The van der Waals surface area contributed by atoms with Crippen LogP contribution in [0.25, 0.3) is 0 Å². The number of allylic oxidation sites excluding steroid dienone is 4. The molecule has 0 aromatic heterocycles. The van der Waals surface area contributed by atoms with E-state index in [-0.39, 0.29) is 5.41 Å². The van der Waals surface area contributed by atoms with Crippen molar-refractivity contribution in [2.45, 2.75) is 53.9 Å². The third-order valence-electron chi connectivity index (χ3n) is 3.37. The lowest BCUT2D eigenvalue weighted by molar-refractivity contribution is 0.363. The minimum absolute atomic E-state index is 0.214. The fraction of sp³-hybridized carbons (Fsp3) is 0.562. The van der Waals surface area contributed by atoms with Crippen molar-refractivity contribution in [2.75, 3.05) is 0 Å². The highest BCUT2D eigenvalue weighted by atomic mass is 14.7. The fourth-order valence-electron chi connectivity index (χ4n) is 1.82. The first-order chi connectivity index (χ1) is 8.00. The highest BCUT2D eigenvalue weighted by Gasteiger charge is 2.23. The molecular weight excluding hydrogens is 206 g/mol. The summed E-state index contributed by atoms with van der Waals surface area (Å²) in [5, 5.41) is 0. The van der Waals surface area contributed by atoms with Crippen LogP contribution in [0.3, 0.4) is 0 Å². The Hall–Kier alpha value is -1.11. The Morgan fingerprint density at radius 2 is 2.00 bits per heavy atom. The molecule has 0 saturated carbocycles. The molecule has 0 spiro atoms. The van der Waals surface area contributed by atoms with Crippen LogP contribution in [0.2, 0.25) is 0 Å². The van der Waals surface area contributed by atoms with Crippen molar-refractivity contribution in [3.05, 3.63) is 36.1 Å². The highest BCUT2D eigenvalue weighted by Crippen LogP contribution is 2.36. The van der Waals surface area contributed by atoms with Crippen LogP contribution in [0.1, 0.15) is 53.9 Å². The standard InChI is InChI=1S/C16H27N/c1-7-11-16(6,12-10-14(4)8-2)15(5)13-17-9-3/h8-10,13H,2,7,11-12H2,1,3-6H3/b14-10-,15-13+,17-9+. The monoisotopic (exact) mass is 233 g/mol. The number of nitrogens with zero attached hydrogens (tertiary/aromatic N) is 1. The summed E-state index contributed by atoms with van der Waals surface area (Å²) < 4.78 is 0. The van der Waals surface area contributed by atoms with Gasteiger partial charge >= 0.3 is 0 Å². The lowest BCUT2D eigenvalue weighted by atomic mass is 9.76. The lowest BCUT2D eigenvalue weighted by Gasteiger charge is -2.29. The van der Waals surface area contributed by atoms with Crippen LogP contribution in [-0.2, 0) is 0 Å². The zero-order valence-electron chi connectivity index (χ0n) is 12.1. The Labute approximate surface area is 107 Å². The second-order valence-electron chi connectivity index (χ2n) is 4.89. The molecule has 17 heavy (non-hydrogen) atoms. The van der Waals surface area contributed by atoms with Gasteiger partial charge in [-0.15, -0.1) is 0 Å². The van der Waals surface area contributed by atoms with Crippen molar-refractivity contribution in [1.29, 1.82) is 0 Å². The van der Waals surface area contributed by atoms with Gasteiger partial charge in [-0.05, 0) is 44.6 Å². The van der Waals surface area contributed by atoms with Crippen LogP contribution in [-0.4, -0.2) is 6.21 Å². The van der Waals surface area contributed by atoms with Crippen molar-refractivity contribution in [3.8, 4) is 0 Å². The minimum Gasteiger partial charge on any atom is -0.269 e. The van der Waals surface area contributed by atoms with Crippen LogP contribution in [0.5, 0.6) is 0 Å². The number of aliphatic imine (C=N–C) groups is 1. The number of hydrogen-bond acceptors (Lipinski definition) is 1. The number of rotatable bonds is 7. The van der Waals surface area contributed by atoms with E-state index in [1.165, 1.54) is 24.0 Å². The van der Waals surface area contributed by atoms with Gasteiger partial charge in [-0.3, -0.25) is 4.99 Å². The molecule has 0 aromatic carbocycles. The Bertz CT molecular complexity index is 320. The smallest absolute Gasteiger partial charge is 0.0258 e. The topological polar surface area (TPSA) is 12.4 Å². The van der Waals surface area contributed by atoms with Crippen LogP contribution < -0.4 is 0 Å². The molecule has 0 fully saturated rings. The molecule has 0 aliphatic heterocycles. The van der Waals surface area contributed by atoms with Crippen LogP contribution >= 0.6 is 0 Å². The van der Waals surface area contributed by atoms with E-state index in [1.807, 2.05) is 25.4 Å². The van der Waals surface area contributed by atoms with Gasteiger partial charge in [0.05, 0.1) is 0 Å². The van der Waals surface area contributed by atoms with Crippen molar-refractivity contribution in [2.24, 2.45) is 10.4 Å². The Kier molecular flexibility index (Phi) is 7.53. The SMILES string of the molecule is C=C/C(C)=C\CC(C)(CCC)/C(C)=C/N=C/C. The van der Waals surface area contributed by atoms with Crippen molar-refractivity contribution < 1.29 is 0 Å². The van der Waals surface area contributed by atoms with E-state index < -0.39 is 0 Å². The molecule has 0 heterocycles. The average Bonchev–Trinajstić information content (AvgIpc) is 2.33. The molecule has 0 bridgehead atoms. The van der Waals surface area contributed by atoms with E-state index in [0.29, 0.717) is 0 Å². The van der Waals surface area contributed by atoms with Gasteiger partial charge in [0.15, 0.2) is 0 Å². The highest BCUT2D eigenvalue weighted by molar-refractivity contribution is 5.54. The third kappa shape index (κ3) is 5.67. The van der Waals surface area contributed by atoms with Crippen molar-refractivity contribution >= 4 is 6.21 Å². The Morgan fingerprint density at radius 3 is 2.47 bits per heavy atom. The molecular formula is C16H27N. The fourth-order valence-corrected chi connectivity index (χ4v) is 1.82. The molecule has 0 aliphatic rings. The molecule has 1 atom stereocenters. The minimum atomic E-state index is 0.214. The van der Waals surface area contributed by atoms with E-state index in [1.54, 1.807) is 0 Å². The molecule has 0 N–H and O–H groups in total. The van der Waals surface area contributed by atoms with E-state index in [4.69, 9.17) is 0 Å². The van der Waals surface area contributed by atoms with Gasteiger partial charge in [-0.25, -0.2) is 0 Å². The molecule has 0 amide bonds. The first kappa shape index (κ1) is 15.9. The summed E-state index contributed by atoms with van der Waals surface area (Å²) in [6, 6.07) is 0. The van der Waals surface area contributed by atoms with E-state index >= 15 is 0 Å². The van der Waals surface area contributed by atoms with Gasteiger partial charge < -0.3 is 0 Å². The third-order valence-corrected chi connectivity index (χ3v) is 3.37. The van der Waals surface area contributed by atoms with Gasteiger partial charge in [-0.1, -0.05) is 44.6 Å². The summed E-state index contributed by atoms with van der Waals surface area (Å²) in [4.78, 5) is 4.24.